The summed E-state index contributed by atoms with van der Waals surface area (Å²) in [5.74, 6) is 0. The molecule has 0 aliphatic carbocycles. The molecule has 0 radical (unpaired) electrons. The van der Waals surface area contributed by atoms with Crippen LogP contribution in [0.1, 0.15) is 26.3 Å². The maximum atomic E-state index is 6.28. The van der Waals surface area contributed by atoms with Crippen LogP contribution in [0.15, 0.2) is 174 Å². The Labute approximate surface area is 318 Å². The highest BCUT2D eigenvalue weighted by molar-refractivity contribution is 6.12. The van der Waals surface area contributed by atoms with Gasteiger partial charge in [0.15, 0.2) is 0 Å². The molecule has 55 heavy (non-hydrogen) atoms. The van der Waals surface area contributed by atoms with Gasteiger partial charge in [0.25, 0.3) is 0 Å². The summed E-state index contributed by atoms with van der Waals surface area (Å²) < 4.78 is 11.1. The van der Waals surface area contributed by atoms with Crippen molar-refractivity contribution in [1.82, 2.24) is 14.1 Å². The van der Waals surface area contributed by atoms with Crippen LogP contribution in [0, 0.1) is 0 Å². The van der Waals surface area contributed by atoms with Crippen molar-refractivity contribution in [1.29, 1.82) is 0 Å². The van der Waals surface area contributed by atoms with Gasteiger partial charge in [0, 0.05) is 55.5 Å². The molecule has 4 heteroatoms. The van der Waals surface area contributed by atoms with E-state index in [1.807, 2.05) is 24.4 Å². The SMILES string of the molecule is CC(C)(C)c1c(-c2ccc3oc4ccccc4c3c2)cc(-n2c3ccccc3c3cc(-n4c5ccccc5c5ccccc54)ccc32)cc1-c1ccccn1. The smallest absolute Gasteiger partial charge is 0.135 e. The number of furan rings is 1. The van der Waals surface area contributed by atoms with Gasteiger partial charge in [-0.3, -0.25) is 4.98 Å². The molecule has 11 aromatic rings. The van der Waals surface area contributed by atoms with E-state index in [0.29, 0.717) is 0 Å². The largest absolute Gasteiger partial charge is 0.456 e. The average Bonchev–Trinajstić information content (AvgIpc) is 3.87. The molecule has 262 valence electrons. The third-order valence-electron chi connectivity index (χ3n) is 11.3. The van der Waals surface area contributed by atoms with E-state index in [-0.39, 0.29) is 5.41 Å². The van der Waals surface area contributed by atoms with E-state index in [1.165, 1.54) is 43.7 Å². The lowest BCUT2D eigenvalue weighted by Gasteiger charge is -2.28. The van der Waals surface area contributed by atoms with E-state index in [9.17, 15) is 0 Å². The first-order valence-electron chi connectivity index (χ1n) is 19.0. The zero-order valence-corrected chi connectivity index (χ0v) is 30.9. The molecular weight excluding hydrogens is 671 g/mol. The van der Waals surface area contributed by atoms with Crippen LogP contribution in [-0.2, 0) is 5.41 Å². The normalized spacial score (nSPS) is 12.3. The Bertz CT molecular complexity index is 3250. The quantitative estimate of drug-likeness (QED) is 0.183. The summed E-state index contributed by atoms with van der Waals surface area (Å²) in [5, 5.41) is 7.19. The monoisotopic (exact) mass is 707 g/mol. The molecule has 11 rings (SSSR count). The Morgan fingerprint density at radius 3 is 1.67 bits per heavy atom. The molecule has 0 saturated heterocycles. The molecule has 0 fully saturated rings. The van der Waals surface area contributed by atoms with Crippen molar-refractivity contribution >= 4 is 65.6 Å². The molecule has 0 aliphatic rings. The third kappa shape index (κ3) is 4.81. The van der Waals surface area contributed by atoms with E-state index < -0.39 is 0 Å². The molecule has 4 nitrogen and oxygen atoms in total. The number of para-hydroxylation sites is 4. The molecule has 0 atom stereocenters. The second-order valence-electron chi connectivity index (χ2n) is 15.6. The van der Waals surface area contributed by atoms with Crippen LogP contribution < -0.4 is 0 Å². The second-order valence-corrected chi connectivity index (χ2v) is 15.6. The summed E-state index contributed by atoms with van der Waals surface area (Å²) in [6.45, 7) is 6.92. The van der Waals surface area contributed by atoms with Crippen LogP contribution in [-0.4, -0.2) is 14.1 Å². The number of benzene rings is 7. The fourth-order valence-electron chi connectivity index (χ4n) is 8.99. The highest BCUT2D eigenvalue weighted by atomic mass is 16.3. The van der Waals surface area contributed by atoms with Gasteiger partial charge in [-0.15, -0.1) is 0 Å². The average molecular weight is 708 g/mol. The first kappa shape index (κ1) is 31.6. The van der Waals surface area contributed by atoms with Gasteiger partial charge in [0.1, 0.15) is 11.2 Å². The zero-order chi connectivity index (χ0) is 36.8. The summed E-state index contributed by atoms with van der Waals surface area (Å²) in [5.41, 5.74) is 14.3. The van der Waals surface area contributed by atoms with E-state index in [1.54, 1.807) is 0 Å². The van der Waals surface area contributed by atoms with Gasteiger partial charge in [-0.1, -0.05) is 106 Å². The topological polar surface area (TPSA) is 35.9 Å². The first-order chi connectivity index (χ1) is 26.9. The molecule has 0 unspecified atom stereocenters. The Balaban J connectivity index is 1.21. The minimum absolute atomic E-state index is 0.188. The van der Waals surface area contributed by atoms with Gasteiger partial charge in [0.05, 0.1) is 27.8 Å². The molecule has 4 heterocycles. The van der Waals surface area contributed by atoms with Crippen molar-refractivity contribution < 1.29 is 4.42 Å². The molecule has 0 aliphatic heterocycles. The van der Waals surface area contributed by atoms with E-state index in [0.717, 1.165) is 61.2 Å². The predicted molar refractivity (Wildman–Crippen MR) is 230 cm³/mol. The highest BCUT2D eigenvalue weighted by Crippen LogP contribution is 2.45. The van der Waals surface area contributed by atoms with Crippen molar-refractivity contribution in [3.63, 3.8) is 0 Å². The van der Waals surface area contributed by atoms with Crippen LogP contribution in [0.3, 0.4) is 0 Å². The van der Waals surface area contributed by atoms with Crippen LogP contribution >= 0.6 is 0 Å². The minimum atomic E-state index is -0.188. The Morgan fingerprint density at radius 1 is 0.436 bits per heavy atom. The van der Waals surface area contributed by atoms with Gasteiger partial charge in [-0.05, 0) is 101 Å². The Morgan fingerprint density at radius 2 is 1.00 bits per heavy atom. The van der Waals surface area contributed by atoms with E-state index in [4.69, 9.17) is 9.40 Å². The molecule has 0 N–H and O–H groups in total. The number of hydrogen-bond donors (Lipinski definition) is 0. The number of aromatic nitrogens is 3. The molecule has 0 saturated carbocycles. The molecule has 0 spiro atoms. The van der Waals surface area contributed by atoms with E-state index >= 15 is 0 Å². The lowest BCUT2D eigenvalue weighted by molar-refractivity contribution is 0.593. The maximum absolute atomic E-state index is 6.28. The van der Waals surface area contributed by atoms with Crippen molar-refractivity contribution in [2.45, 2.75) is 26.2 Å². The number of fused-ring (bicyclic) bond motifs is 9. The van der Waals surface area contributed by atoms with Crippen molar-refractivity contribution in [2.24, 2.45) is 0 Å². The Kier molecular flexibility index (Phi) is 6.78. The van der Waals surface area contributed by atoms with Gasteiger partial charge in [0.2, 0.25) is 0 Å². The van der Waals surface area contributed by atoms with Gasteiger partial charge in [-0.2, -0.15) is 0 Å². The molecule has 0 amide bonds. The van der Waals surface area contributed by atoms with Crippen LogP contribution in [0.2, 0.25) is 0 Å². The van der Waals surface area contributed by atoms with Gasteiger partial charge >= 0.3 is 0 Å². The second kappa shape index (κ2) is 11.8. The number of rotatable bonds is 4. The standard InChI is InChI=1S/C51H37N3O/c1-51(2,3)50-39(32-23-26-49-41(28-32)38-17-7-11-22-48(38)55-49)30-34(31-42(50)43-18-12-13-27-52-43)54-46-21-10-6-16-37(46)40-29-33(24-25-47(40)54)53-44-19-8-4-14-35(44)36-15-5-9-20-45(36)53/h4-31H,1-3H3. The molecule has 7 aromatic carbocycles. The van der Waals surface area contributed by atoms with Crippen molar-refractivity contribution in [3.05, 3.63) is 176 Å². The van der Waals surface area contributed by atoms with Crippen molar-refractivity contribution in [3.8, 4) is 33.8 Å². The lowest BCUT2D eigenvalue weighted by atomic mass is 9.77. The van der Waals surface area contributed by atoms with E-state index in [2.05, 4.69) is 175 Å². The number of nitrogens with zero attached hydrogens (tertiary/aromatic N) is 3. The first-order valence-corrected chi connectivity index (χ1v) is 19.0. The van der Waals surface area contributed by atoms with Crippen LogP contribution in [0.25, 0.3) is 99.3 Å². The summed E-state index contributed by atoms with van der Waals surface area (Å²) in [7, 11) is 0. The molecular formula is C51H37N3O. The van der Waals surface area contributed by atoms with Crippen LogP contribution in [0.5, 0.6) is 0 Å². The fraction of sp³-hybridized carbons (Fsp3) is 0.0784. The third-order valence-corrected chi connectivity index (χ3v) is 11.3. The van der Waals surface area contributed by atoms with Crippen LogP contribution in [0.4, 0.5) is 0 Å². The van der Waals surface area contributed by atoms with Crippen molar-refractivity contribution in [2.75, 3.05) is 0 Å². The molecule has 0 bridgehead atoms. The number of hydrogen-bond acceptors (Lipinski definition) is 2. The fourth-order valence-corrected chi connectivity index (χ4v) is 8.99. The minimum Gasteiger partial charge on any atom is -0.456 e. The zero-order valence-electron chi connectivity index (χ0n) is 30.9. The van der Waals surface area contributed by atoms with Gasteiger partial charge < -0.3 is 13.6 Å². The lowest BCUT2D eigenvalue weighted by Crippen LogP contribution is -2.16. The summed E-state index contributed by atoms with van der Waals surface area (Å²) >= 11 is 0. The van der Waals surface area contributed by atoms with Gasteiger partial charge in [-0.25, -0.2) is 0 Å². The summed E-state index contributed by atoms with van der Waals surface area (Å²) in [6, 6.07) is 59.1. The maximum Gasteiger partial charge on any atom is 0.135 e. The highest BCUT2D eigenvalue weighted by Gasteiger charge is 2.27. The summed E-state index contributed by atoms with van der Waals surface area (Å²) in [4.78, 5) is 4.95. The Hall–Kier alpha value is -6.91. The number of pyridine rings is 1. The molecule has 4 aromatic heterocycles. The summed E-state index contributed by atoms with van der Waals surface area (Å²) in [6.07, 6.45) is 1.90. The predicted octanol–water partition coefficient (Wildman–Crippen LogP) is 13.8.